The summed E-state index contributed by atoms with van der Waals surface area (Å²) in [5, 5.41) is 10.5. The first-order valence-corrected chi connectivity index (χ1v) is 8.26. The Bertz CT molecular complexity index is 400. The Hall–Kier alpha value is -1.06. The lowest BCUT2D eigenvalue weighted by Gasteiger charge is -2.23. The van der Waals surface area contributed by atoms with E-state index in [0.29, 0.717) is 6.61 Å². The van der Waals surface area contributed by atoms with Gasteiger partial charge in [0.2, 0.25) is 0 Å². The van der Waals surface area contributed by atoms with Crippen LogP contribution in [0, 0.1) is 6.92 Å². The first-order chi connectivity index (χ1) is 10.1. The number of aliphatic hydroxyl groups is 1. The van der Waals surface area contributed by atoms with Crippen molar-refractivity contribution in [3.63, 3.8) is 0 Å². The molecule has 120 valence electrons. The highest BCUT2D eigenvalue weighted by Gasteiger charge is 2.15. The van der Waals surface area contributed by atoms with E-state index in [2.05, 4.69) is 18.7 Å². The molecule has 0 fully saturated rings. The number of nitrogens with zero attached hydrogens (tertiary/aromatic N) is 1. The van der Waals surface area contributed by atoms with Gasteiger partial charge in [-0.2, -0.15) is 0 Å². The molecule has 0 aliphatic carbocycles. The number of hydrogen-bond donors (Lipinski definition) is 1. The Balaban J connectivity index is 2.69. The molecule has 0 saturated carbocycles. The topological polar surface area (TPSA) is 32.7 Å². The fourth-order valence-corrected chi connectivity index (χ4v) is 2.64. The molecule has 3 heteroatoms. The Morgan fingerprint density at radius 1 is 1.10 bits per heavy atom. The molecule has 0 saturated heterocycles. The number of rotatable bonds is 10. The molecule has 0 amide bonds. The molecule has 0 heterocycles. The molecule has 1 N–H and O–H groups in total. The van der Waals surface area contributed by atoms with Gasteiger partial charge in [-0.15, -0.1) is 0 Å². The molecule has 0 aromatic heterocycles. The van der Waals surface area contributed by atoms with Crippen LogP contribution >= 0.6 is 0 Å². The van der Waals surface area contributed by atoms with Gasteiger partial charge in [-0.05, 0) is 58.3 Å². The first-order valence-electron chi connectivity index (χ1n) is 8.26. The molecule has 0 bridgehead atoms. The van der Waals surface area contributed by atoms with Gasteiger partial charge in [-0.1, -0.05) is 25.5 Å². The largest absolute Gasteiger partial charge is 0.493 e. The molecule has 1 aromatic carbocycles. The third-order valence-corrected chi connectivity index (χ3v) is 3.62. The summed E-state index contributed by atoms with van der Waals surface area (Å²) in [4.78, 5) is 2.43. The number of benzene rings is 1. The van der Waals surface area contributed by atoms with Crippen molar-refractivity contribution in [1.82, 2.24) is 4.90 Å². The number of hydrogen-bond acceptors (Lipinski definition) is 3. The van der Waals surface area contributed by atoms with Gasteiger partial charge in [-0.3, -0.25) is 0 Å². The van der Waals surface area contributed by atoms with E-state index in [1.807, 2.05) is 32.0 Å². The van der Waals surface area contributed by atoms with Gasteiger partial charge in [0.1, 0.15) is 5.75 Å². The van der Waals surface area contributed by atoms with Crippen LogP contribution in [0.4, 0.5) is 0 Å². The van der Waals surface area contributed by atoms with E-state index >= 15 is 0 Å². The highest BCUT2D eigenvalue weighted by Crippen LogP contribution is 2.28. The van der Waals surface area contributed by atoms with Crippen LogP contribution in [-0.4, -0.2) is 36.2 Å². The highest BCUT2D eigenvalue weighted by atomic mass is 16.5. The lowest BCUT2D eigenvalue weighted by Crippen LogP contribution is -2.27. The third-order valence-electron chi connectivity index (χ3n) is 3.62. The molecular formula is C18H31NO2. The number of aliphatic hydroxyl groups excluding tert-OH is 1. The van der Waals surface area contributed by atoms with Gasteiger partial charge >= 0.3 is 0 Å². The maximum Gasteiger partial charge on any atom is 0.125 e. The SMILES string of the molecule is CCCN(CCC)CCC(O)c1cc(C)ccc1OCC. The van der Waals surface area contributed by atoms with Crippen molar-refractivity contribution in [3.05, 3.63) is 29.3 Å². The number of ether oxygens (including phenoxy) is 1. The molecule has 0 spiro atoms. The zero-order valence-corrected chi connectivity index (χ0v) is 14.1. The predicted octanol–water partition coefficient (Wildman–Crippen LogP) is 3.94. The summed E-state index contributed by atoms with van der Waals surface area (Å²) in [5.74, 6) is 0.813. The van der Waals surface area contributed by atoms with Crippen molar-refractivity contribution in [3.8, 4) is 5.75 Å². The molecule has 3 nitrogen and oxygen atoms in total. The molecule has 1 rings (SSSR count). The smallest absolute Gasteiger partial charge is 0.125 e. The summed E-state index contributed by atoms with van der Waals surface area (Å²) in [5.41, 5.74) is 2.08. The fourth-order valence-electron chi connectivity index (χ4n) is 2.64. The standard InChI is InChI=1S/C18H31NO2/c1-5-11-19(12-6-2)13-10-17(20)16-14-15(4)8-9-18(16)21-7-3/h8-9,14,17,20H,5-7,10-13H2,1-4H3. The number of aryl methyl sites for hydroxylation is 1. The second-order valence-corrected chi connectivity index (χ2v) is 5.62. The Morgan fingerprint density at radius 2 is 1.76 bits per heavy atom. The van der Waals surface area contributed by atoms with Gasteiger partial charge in [0, 0.05) is 12.1 Å². The van der Waals surface area contributed by atoms with Gasteiger partial charge in [0.15, 0.2) is 0 Å². The van der Waals surface area contributed by atoms with Crippen molar-refractivity contribution >= 4 is 0 Å². The minimum atomic E-state index is -0.456. The van der Waals surface area contributed by atoms with Crippen LogP contribution in [0.1, 0.15) is 57.3 Å². The first kappa shape index (κ1) is 18.0. The summed E-state index contributed by atoms with van der Waals surface area (Å²) in [7, 11) is 0. The quantitative estimate of drug-likeness (QED) is 0.709. The predicted molar refractivity (Wildman–Crippen MR) is 88.9 cm³/mol. The van der Waals surface area contributed by atoms with Crippen LogP contribution in [0.2, 0.25) is 0 Å². The van der Waals surface area contributed by atoms with E-state index in [9.17, 15) is 5.11 Å². The van der Waals surface area contributed by atoms with Crippen LogP contribution in [-0.2, 0) is 0 Å². The zero-order valence-electron chi connectivity index (χ0n) is 14.1. The minimum absolute atomic E-state index is 0.456. The average molecular weight is 293 g/mol. The average Bonchev–Trinajstić information content (AvgIpc) is 2.47. The van der Waals surface area contributed by atoms with E-state index in [1.54, 1.807) is 0 Å². The minimum Gasteiger partial charge on any atom is -0.493 e. The fraction of sp³-hybridized carbons (Fsp3) is 0.667. The zero-order chi connectivity index (χ0) is 15.7. The summed E-state index contributed by atoms with van der Waals surface area (Å²) in [6.45, 7) is 12.2. The lowest BCUT2D eigenvalue weighted by molar-refractivity contribution is 0.137. The van der Waals surface area contributed by atoms with E-state index in [1.165, 1.54) is 0 Å². The second kappa shape index (κ2) is 9.80. The van der Waals surface area contributed by atoms with Crippen molar-refractivity contribution < 1.29 is 9.84 Å². The second-order valence-electron chi connectivity index (χ2n) is 5.62. The summed E-state index contributed by atoms with van der Waals surface area (Å²) in [6, 6.07) is 6.04. The van der Waals surface area contributed by atoms with Crippen LogP contribution < -0.4 is 4.74 Å². The Labute approximate surface area is 129 Å². The third kappa shape index (κ3) is 6.06. The van der Waals surface area contributed by atoms with E-state index in [0.717, 1.165) is 55.8 Å². The van der Waals surface area contributed by atoms with Crippen LogP contribution in [0.3, 0.4) is 0 Å². The van der Waals surface area contributed by atoms with Crippen LogP contribution in [0.25, 0.3) is 0 Å². The summed E-state index contributed by atoms with van der Waals surface area (Å²) in [6.07, 6.45) is 2.61. The molecule has 0 aliphatic heterocycles. The molecule has 1 atom stereocenters. The maximum absolute atomic E-state index is 10.5. The van der Waals surface area contributed by atoms with E-state index in [-0.39, 0.29) is 0 Å². The Kier molecular flexibility index (Phi) is 8.40. The molecule has 0 aliphatic rings. The highest BCUT2D eigenvalue weighted by molar-refractivity contribution is 5.38. The maximum atomic E-state index is 10.5. The van der Waals surface area contributed by atoms with Gasteiger partial charge in [0.25, 0.3) is 0 Å². The van der Waals surface area contributed by atoms with Crippen molar-refractivity contribution in [1.29, 1.82) is 0 Å². The Morgan fingerprint density at radius 3 is 2.33 bits per heavy atom. The van der Waals surface area contributed by atoms with Gasteiger partial charge in [-0.25, -0.2) is 0 Å². The van der Waals surface area contributed by atoms with Crippen molar-refractivity contribution in [2.45, 2.75) is 53.1 Å². The van der Waals surface area contributed by atoms with Crippen LogP contribution in [0.15, 0.2) is 18.2 Å². The monoisotopic (exact) mass is 293 g/mol. The van der Waals surface area contributed by atoms with Crippen molar-refractivity contribution in [2.75, 3.05) is 26.2 Å². The van der Waals surface area contributed by atoms with E-state index < -0.39 is 6.10 Å². The normalized spacial score (nSPS) is 12.7. The summed E-state index contributed by atoms with van der Waals surface area (Å²) < 4.78 is 5.64. The van der Waals surface area contributed by atoms with Gasteiger partial charge in [0.05, 0.1) is 12.7 Å². The van der Waals surface area contributed by atoms with Crippen molar-refractivity contribution in [2.24, 2.45) is 0 Å². The molecule has 21 heavy (non-hydrogen) atoms. The summed E-state index contributed by atoms with van der Waals surface area (Å²) >= 11 is 0. The van der Waals surface area contributed by atoms with Crippen LogP contribution in [0.5, 0.6) is 5.75 Å². The molecule has 1 aromatic rings. The molecule has 1 unspecified atom stereocenters. The molecular weight excluding hydrogens is 262 g/mol. The molecule has 0 radical (unpaired) electrons. The lowest BCUT2D eigenvalue weighted by atomic mass is 10.0. The van der Waals surface area contributed by atoms with E-state index in [4.69, 9.17) is 4.74 Å². The van der Waals surface area contributed by atoms with Gasteiger partial charge < -0.3 is 14.7 Å².